The summed E-state index contributed by atoms with van der Waals surface area (Å²) in [4.78, 5) is 0. The van der Waals surface area contributed by atoms with E-state index in [1.807, 2.05) is 0 Å². The molecule has 2 aromatic rings. The fraction of sp³-hybridized carbons (Fsp3) is 0.250. The Balaban J connectivity index is 2.62. The number of anilines is 1. The van der Waals surface area contributed by atoms with Crippen LogP contribution in [0.5, 0.6) is 11.5 Å². The number of nitrogens with zero attached hydrogens (tertiary/aromatic N) is 1. The topological polar surface area (TPSA) is 73.2 Å². The lowest BCUT2D eigenvalue weighted by atomic mass is 10.0. The van der Waals surface area contributed by atoms with E-state index < -0.39 is 6.67 Å². The number of aromatic amines is 1. The number of aromatic nitrogens is 2. The van der Waals surface area contributed by atoms with Gasteiger partial charge in [-0.1, -0.05) is 0 Å². The molecule has 96 valence electrons. The van der Waals surface area contributed by atoms with Gasteiger partial charge in [-0.2, -0.15) is 5.10 Å². The molecule has 0 radical (unpaired) electrons. The largest absolute Gasteiger partial charge is 0.493 e. The Kier molecular flexibility index (Phi) is 3.36. The van der Waals surface area contributed by atoms with E-state index in [1.165, 1.54) is 14.2 Å². The van der Waals surface area contributed by atoms with Crippen LogP contribution in [0.2, 0.25) is 0 Å². The van der Waals surface area contributed by atoms with Gasteiger partial charge in [-0.25, -0.2) is 4.39 Å². The molecule has 0 unspecified atom stereocenters. The molecule has 1 aromatic heterocycles. The molecular formula is C12H14FN3O2. The summed E-state index contributed by atoms with van der Waals surface area (Å²) in [7, 11) is 3.03. The Bertz CT molecular complexity index is 554. The number of H-pyrrole nitrogens is 1. The molecule has 2 rings (SSSR count). The standard InChI is InChI=1S/C12H14FN3O2/c1-17-10-3-7(5-13)8(4-11(10)18-2)9-6-15-16-12(9)14/h3-4,6H,5H2,1-2H3,(H3,14,15,16). The highest BCUT2D eigenvalue weighted by Gasteiger charge is 2.15. The third kappa shape index (κ3) is 1.97. The zero-order valence-electron chi connectivity index (χ0n) is 10.2. The minimum Gasteiger partial charge on any atom is -0.493 e. The lowest BCUT2D eigenvalue weighted by Crippen LogP contribution is -1.96. The van der Waals surface area contributed by atoms with E-state index in [2.05, 4.69) is 10.2 Å². The summed E-state index contributed by atoms with van der Waals surface area (Å²) in [6, 6.07) is 3.29. The first-order valence-corrected chi connectivity index (χ1v) is 5.31. The minimum absolute atomic E-state index is 0.386. The number of ether oxygens (including phenoxy) is 2. The quantitative estimate of drug-likeness (QED) is 0.873. The zero-order chi connectivity index (χ0) is 13.1. The van der Waals surface area contributed by atoms with Crippen LogP contribution in [0, 0.1) is 0 Å². The van der Waals surface area contributed by atoms with Crippen LogP contribution in [0.15, 0.2) is 18.3 Å². The van der Waals surface area contributed by atoms with Gasteiger partial charge in [-0.15, -0.1) is 0 Å². The maximum atomic E-state index is 13.1. The van der Waals surface area contributed by atoms with Gasteiger partial charge in [-0.05, 0) is 23.3 Å². The Morgan fingerprint density at radius 3 is 2.39 bits per heavy atom. The van der Waals surface area contributed by atoms with Crippen LogP contribution >= 0.6 is 0 Å². The Hall–Kier alpha value is -2.24. The van der Waals surface area contributed by atoms with Crippen LogP contribution in [-0.2, 0) is 6.67 Å². The smallest absolute Gasteiger partial charge is 0.161 e. The first-order chi connectivity index (χ1) is 8.71. The third-order valence-corrected chi connectivity index (χ3v) is 2.71. The van der Waals surface area contributed by atoms with Crippen molar-refractivity contribution < 1.29 is 13.9 Å². The van der Waals surface area contributed by atoms with E-state index in [9.17, 15) is 4.39 Å². The zero-order valence-corrected chi connectivity index (χ0v) is 10.2. The van der Waals surface area contributed by atoms with Gasteiger partial charge in [0.1, 0.15) is 12.5 Å². The van der Waals surface area contributed by atoms with E-state index in [-0.39, 0.29) is 0 Å². The summed E-state index contributed by atoms with van der Waals surface area (Å²) < 4.78 is 23.4. The van der Waals surface area contributed by atoms with Crippen molar-refractivity contribution >= 4 is 5.82 Å². The maximum absolute atomic E-state index is 13.1. The number of rotatable bonds is 4. The molecule has 0 fully saturated rings. The van der Waals surface area contributed by atoms with Gasteiger partial charge in [0, 0.05) is 5.56 Å². The van der Waals surface area contributed by atoms with Crippen LogP contribution in [-0.4, -0.2) is 24.4 Å². The summed E-state index contributed by atoms with van der Waals surface area (Å²) in [5, 5.41) is 6.44. The molecule has 0 aliphatic heterocycles. The second-order valence-electron chi connectivity index (χ2n) is 3.70. The van der Waals surface area contributed by atoms with E-state index in [4.69, 9.17) is 15.2 Å². The maximum Gasteiger partial charge on any atom is 0.161 e. The number of halogens is 1. The predicted molar refractivity (Wildman–Crippen MR) is 66.4 cm³/mol. The van der Waals surface area contributed by atoms with Gasteiger partial charge < -0.3 is 15.2 Å². The highest BCUT2D eigenvalue weighted by molar-refractivity contribution is 5.78. The fourth-order valence-electron chi connectivity index (χ4n) is 1.79. The third-order valence-electron chi connectivity index (χ3n) is 2.71. The lowest BCUT2D eigenvalue weighted by molar-refractivity contribution is 0.353. The molecule has 6 heteroatoms. The van der Waals surface area contributed by atoms with Crippen LogP contribution in [0.25, 0.3) is 11.1 Å². The predicted octanol–water partition coefficient (Wildman–Crippen LogP) is 2.15. The molecule has 0 aliphatic carbocycles. The van der Waals surface area contributed by atoms with Gasteiger partial charge in [0.2, 0.25) is 0 Å². The molecule has 0 atom stereocenters. The van der Waals surface area contributed by atoms with Crippen molar-refractivity contribution in [2.75, 3.05) is 20.0 Å². The number of nitrogens with one attached hydrogen (secondary N) is 1. The van der Waals surface area contributed by atoms with E-state index in [1.54, 1.807) is 18.3 Å². The average molecular weight is 251 g/mol. The Morgan fingerprint density at radius 2 is 1.89 bits per heavy atom. The lowest BCUT2D eigenvalue weighted by Gasteiger charge is -2.12. The van der Waals surface area contributed by atoms with Crippen molar-refractivity contribution in [2.45, 2.75) is 6.67 Å². The number of hydrogen-bond acceptors (Lipinski definition) is 4. The monoisotopic (exact) mass is 251 g/mol. The first kappa shape index (κ1) is 12.2. The molecule has 5 nitrogen and oxygen atoms in total. The number of alkyl halides is 1. The molecule has 1 aromatic carbocycles. The van der Waals surface area contributed by atoms with Gasteiger partial charge in [0.05, 0.1) is 20.4 Å². The van der Waals surface area contributed by atoms with Crippen LogP contribution < -0.4 is 15.2 Å². The second kappa shape index (κ2) is 4.95. The summed E-state index contributed by atoms with van der Waals surface area (Å²) in [6.07, 6.45) is 1.55. The summed E-state index contributed by atoms with van der Waals surface area (Å²) in [5.74, 6) is 1.39. The minimum atomic E-state index is -0.625. The van der Waals surface area contributed by atoms with E-state index in [0.717, 1.165) is 0 Å². The molecule has 18 heavy (non-hydrogen) atoms. The van der Waals surface area contributed by atoms with Gasteiger partial charge in [-0.3, -0.25) is 5.10 Å². The molecule has 1 heterocycles. The SMILES string of the molecule is COc1cc(CF)c(-c2cn[nH]c2N)cc1OC. The van der Waals surface area contributed by atoms with Crippen molar-refractivity contribution in [1.29, 1.82) is 0 Å². The molecule has 0 spiro atoms. The molecule has 0 saturated heterocycles. The average Bonchev–Trinajstić information content (AvgIpc) is 2.83. The number of hydrogen-bond donors (Lipinski definition) is 2. The molecule has 3 N–H and O–H groups in total. The highest BCUT2D eigenvalue weighted by atomic mass is 19.1. The van der Waals surface area contributed by atoms with E-state index >= 15 is 0 Å². The van der Waals surface area contributed by atoms with Gasteiger partial charge in [0.25, 0.3) is 0 Å². The van der Waals surface area contributed by atoms with Crippen molar-refractivity contribution in [3.8, 4) is 22.6 Å². The molecule has 0 saturated carbocycles. The Morgan fingerprint density at radius 1 is 1.22 bits per heavy atom. The van der Waals surface area contributed by atoms with Gasteiger partial charge in [0.15, 0.2) is 11.5 Å². The van der Waals surface area contributed by atoms with Crippen LogP contribution in [0.4, 0.5) is 10.2 Å². The van der Waals surface area contributed by atoms with Crippen molar-refractivity contribution in [3.05, 3.63) is 23.9 Å². The normalized spacial score (nSPS) is 10.4. The summed E-state index contributed by atoms with van der Waals surface area (Å²) in [6.45, 7) is -0.625. The first-order valence-electron chi connectivity index (χ1n) is 5.31. The molecule has 0 bridgehead atoms. The van der Waals surface area contributed by atoms with Crippen LogP contribution in [0.1, 0.15) is 5.56 Å². The molecule has 0 amide bonds. The van der Waals surface area contributed by atoms with Crippen molar-refractivity contribution in [3.63, 3.8) is 0 Å². The van der Waals surface area contributed by atoms with Crippen molar-refractivity contribution in [1.82, 2.24) is 10.2 Å². The number of nitrogens with two attached hydrogens (primary N) is 1. The summed E-state index contributed by atoms with van der Waals surface area (Å²) >= 11 is 0. The van der Waals surface area contributed by atoms with Crippen molar-refractivity contribution in [2.24, 2.45) is 0 Å². The highest BCUT2D eigenvalue weighted by Crippen LogP contribution is 2.37. The summed E-state index contributed by atoms with van der Waals surface area (Å²) in [5.41, 5.74) is 7.50. The molecule has 0 aliphatic rings. The Labute approximate surface area is 104 Å². The second-order valence-corrected chi connectivity index (χ2v) is 3.70. The number of methoxy groups -OCH3 is 2. The number of nitrogen functional groups attached to an aromatic ring is 1. The number of benzene rings is 1. The molecular weight excluding hydrogens is 237 g/mol. The van der Waals surface area contributed by atoms with Gasteiger partial charge >= 0.3 is 0 Å². The van der Waals surface area contributed by atoms with Crippen LogP contribution in [0.3, 0.4) is 0 Å². The fourth-order valence-corrected chi connectivity index (χ4v) is 1.79. The van der Waals surface area contributed by atoms with E-state index in [0.29, 0.717) is 34.0 Å².